The van der Waals surface area contributed by atoms with Crippen molar-refractivity contribution >= 4 is 19.7 Å². The van der Waals surface area contributed by atoms with Gasteiger partial charge in [-0.25, -0.2) is 0 Å². The maximum atomic E-state index is 14.0. The molecule has 1 amide bonds. The Morgan fingerprint density at radius 3 is 2.20 bits per heavy atom. The van der Waals surface area contributed by atoms with E-state index in [0.717, 1.165) is 29.9 Å². The Bertz CT molecular complexity index is 1340. The average Bonchev–Trinajstić information content (AvgIpc) is 2.89. The minimum atomic E-state index is -1.69. The number of methoxy groups -OCH3 is 1. The molecule has 0 aromatic heterocycles. The van der Waals surface area contributed by atoms with Gasteiger partial charge in [-0.05, 0) is 128 Å². The van der Waals surface area contributed by atoms with Crippen LogP contribution < -0.4 is 10.1 Å². The first-order chi connectivity index (χ1) is 19.7. The maximum Gasteiger partial charge on any atom is 0.298 e. The molecule has 2 aromatic rings. The fraction of sp³-hybridized carbons (Fsp3) is 0.583. The smallest absolute Gasteiger partial charge is 0.298 e. The molecule has 5 heteroatoms. The van der Waals surface area contributed by atoms with Crippen LogP contribution in [0.25, 0.3) is 0 Å². The molecule has 0 spiro atoms. The Hall–Kier alpha value is -2.71. The van der Waals surface area contributed by atoms with Crippen LogP contribution in [0.3, 0.4) is 0 Å². The number of ether oxygens (including phenoxy) is 1. The van der Waals surface area contributed by atoms with E-state index in [4.69, 9.17) is 4.74 Å². The molecule has 0 unspecified atom stereocenters. The lowest BCUT2D eigenvalue weighted by molar-refractivity contribution is -0.132. The van der Waals surface area contributed by atoms with Crippen LogP contribution in [0.2, 0.25) is 19.6 Å². The second-order valence-electron chi connectivity index (χ2n) is 15.1. The van der Waals surface area contributed by atoms with Crippen molar-refractivity contribution in [1.29, 1.82) is 0 Å². The molecule has 5 aliphatic carbocycles. The molecule has 216 valence electrons. The summed E-state index contributed by atoms with van der Waals surface area (Å²) in [5, 5.41) is 4.05. The van der Waals surface area contributed by atoms with Gasteiger partial charge in [0.1, 0.15) is 13.8 Å². The van der Waals surface area contributed by atoms with Gasteiger partial charge in [0.05, 0.1) is 13.2 Å². The van der Waals surface area contributed by atoms with E-state index in [1.807, 2.05) is 0 Å². The predicted octanol–water partition coefficient (Wildman–Crippen LogP) is 7.60. The Balaban J connectivity index is 1.24. The molecule has 2 atom stereocenters. The van der Waals surface area contributed by atoms with E-state index in [-0.39, 0.29) is 23.5 Å². The van der Waals surface area contributed by atoms with Crippen LogP contribution in [0, 0.1) is 35.1 Å². The van der Waals surface area contributed by atoms with E-state index >= 15 is 0 Å². The number of carbonyl (C=O) groups is 1. The van der Waals surface area contributed by atoms with E-state index in [0.29, 0.717) is 5.92 Å². The van der Waals surface area contributed by atoms with Crippen LogP contribution in [0.4, 0.5) is 5.69 Å². The summed E-state index contributed by atoms with van der Waals surface area (Å²) >= 11 is 0. The number of rotatable bonds is 5. The van der Waals surface area contributed by atoms with Crippen LogP contribution in [0.15, 0.2) is 42.5 Å². The second-order valence-corrected chi connectivity index (χ2v) is 19.8. The summed E-state index contributed by atoms with van der Waals surface area (Å²) in [7, 11) is 0.0510. The van der Waals surface area contributed by atoms with Crippen LogP contribution >= 0.6 is 0 Å². The molecule has 0 radical (unpaired) electrons. The number of hydrogen-bond acceptors (Lipinski definition) is 3. The molecule has 1 aliphatic heterocycles. The van der Waals surface area contributed by atoms with Crippen molar-refractivity contribution in [3.8, 4) is 17.2 Å². The lowest BCUT2D eigenvalue weighted by Gasteiger charge is -2.57. The molecule has 41 heavy (non-hydrogen) atoms. The molecule has 8 rings (SSSR count). The Morgan fingerprint density at radius 1 is 0.976 bits per heavy atom. The van der Waals surface area contributed by atoms with Gasteiger partial charge < -0.3 is 15.0 Å². The van der Waals surface area contributed by atoms with Gasteiger partial charge >= 0.3 is 0 Å². The van der Waals surface area contributed by atoms with Gasteiger partial charge in [-0.2, -0.15) is 0 Å². The molecule has 0 saturated heterocycles. The van der Waals surface area contributed by atoms with E-state index in [2.05, 4.69) is 83.8 Å². The summed E-state index contributed by atoms with van der Waals surface area (Å²) in [4.78, 5) is 16.2. The fourth-order valence-corrected chi connectivity index (χ4v) is 9.75. The lowest BCUT2D eigenvalue weighted by Crippen LogP contribution is -2.54. The van der Waals surface area contributed by atoms with Gasteiger partial charge in [-0.15, -0.1) is 5.54 Å². The van der Waals surface area contributed by atoms with E-state index in [9.17, 15) is 4.79 Å². The van der Waals surface area contributed by atoms with Crippen LogP contribution in [0.1, 0.15) is 80.5 Å². The van der Waals surface area contributed by atoms with Crippen molar-refractivity contribution < 1.29 is 9.53 Å². The first kappa shape index (κ1) is 27.1. The second kappa shape index (κ2) is 10.2. The zero-order valence-corrected chi connectivity index (χ0v) is 26.3. The van der Waals surface area contributed by atoms with E-state index in [1.165, 1.54) is 80.2 Å². The van der Waals surface area contributed by atoms with Gasteiger partial charge in [0, 0.05) is 17.3 Å². The van der Waals surface area contributed by atoms with E-state index < -0.39 is 8.07 Å². The third-order valence-corrected chi connectivity index (χ3v) is 11.7. The summed E-state index contributed by atoms with van der Waals surface area (Å²) in [6.45, 7) is 6.63. The molecule has 2 aromatic carbocycles. The zero-order valence-electron chi connectivity index (χ0n) is 25.3. The summed E-state index contributed by atoms with van der Waals surface area (Å²) in [5.74, 6) is 7.32. The largest absolute Gasteiger partial charge is 0.497 e. The normalized spacial score (nSPS) is 32.0. The van der Waals surface area contributed by atoms with Crippen molar-refractivity contribution in [3.63, 3.8) is 0 Å². The lowest BCUT2D eigenvalue weighted by atomic mass is 9.53. The topological polar surface area (TPSA) is 41.6 Å². The highest BCUT2D eigenvalue weighted by molar-refractivity contribution is 6.84. The number of carbonyl (C=O) groups excluding carboxylic acids is 1. The number of fused-ring (bicyclic) bond motifs is 1. The average molecular weight is 567 g/mol. The Labute approximate surface area is 247 Å². The molecule has 1 heterocycles. The zero-order chi connectivity index (χ0) is 28.4. The van der Waals surface area contributed by atoms with Crippen LogP contribution in [-0.2, 0) is 11.2 Å². The SMILES string of the molecule is COc1ccc2c(c1)C[C@H](C1CCC1)N(C(=O)C#C[Si](C)(C)C)[C@@H]2c1ccc(NC23CC4CC(CC(C4)C2)C3)cc1. The minimum absolute atomic E-state index is 0.00781. The first-order valence-corrected chi connectivity index (χ1v) is 19.6. The molecule has 4 nitrogen and oxygen atoms in total. The van der Waals surface area contributed by atoms with Crippen molar-refractivity contribution in [2.24, 2.45) is 23.7 Å². The number of hydrogen-bond donors (Lipinski definition) is 1. The third-order valence-electron chi connectivity index (χ3n) is 10.9. The molecule has 4 bridgehead atoms. The highest BCUT2D eigenvalue weighted by Crippen LogP contribution is 2.56. The number of nitrogens with zero attached hydrogens (tertiary/aromatic N) is 1. The molecule has 1 N–H and O–H groups in total. The van der Waals surface area contributed by atoms with Crippen molar-refractivity contribution in [1.82, 2.24) is 4.90 Å². The number of amides is 1. The Kier molecular flexibility index (Phi) is 6.77. The minimum Gasteiger partial charge on any atom is -0.497 e. The molecular weight excluding hydrogens is 520 g/mol. The summed E-state index contributed by atoms with van der Waals surface area (Å²) < 4.78 is 5.63. The summed E-state index contributed by atoms with van der Waals surface area (Å²) in [6, 6.07) is 15.6. The van der Waals surface area contributed by atoms with Crippen LogP contribution in [-0.4, -0.2) is 37.6 Å². The van der Waals surface area contributed by atoms with Crippen molar-refractivity contribution in [2.45, 2.75) is 101 Å². The molecule has 5 saturated carbocycles. The molecular formula is C36H46N2O2Si. The Morgan fingerprint density at radius 2 is 1.63 bits per heavy atom. The van der Waals surface area contributed by atoms with Gasteiger partial charge in [-0.3, -0.25) is 4.79 Å². The fourth-order valence-electron chi connectivity index (χ4n) is 9.27. The highest BCUT2D eigenvalue weighted by Gasteiger charge is 2.51. The monoisotopic (exact) mass is 566 g/mol. The standard InChI is InChI=1S/C36H46N2O2Si/c1-40-31-12-13-32-29(19-31)20-33(27-6-5-7-27)38(34(39)14-15-41(2,3)4)35(32)28-8-10-30(11-9-28)37-36-21-24-16-25(22-36)18-26(17-24)23-36/h8-13,19,24-27,33,35,37H,5-7,16-18,20-23H2,1-4H3/t24?,25?,26?,33-,35-,36?/m1/s1. The number of nitrogens with one attached hydrogen (secondary N) is 1. The van der Waals surface area contributed by atoms with E-state index in [1.54, 1.807) is 7.11 Å². The molecule has 5 fully saturated rings. The van der Waals surface area contributed by atoms with Gasteiger partial charge in [0.15, 0.2) is 0 Å². The summed E-state index contributed by atoms with van der Waals surface area (Å²) in [5.41, 5.74) is 8.60. The summed E-state index contributed by atoms with van der Waals surface area (Å²) in [6.07, 6.45) is 12.9. The molecule has 6 aliphatic rings. The van der Waals surface area contributed by atoms with Crippen molar-refractivity contribution in [2.75, 3.05) is 12.4 Å². The highest BCUT2D eigenvalue weighted by atomic mass is 28.3. The van der Waals surface area contributed by atoms with Gasteiger partial charge in [0.2, 0.25) is 0 Å². The number of benzene rings is 2. The van der Waals surface area contributed by atoms with Gasteiger partial charge in [-0.1, -0.05) is 44.3 Å². The van der Waals surface area contributed by atoms with Crippen LogP contribution in [0.5, 0.6) is 5.75 Å². The predicted molar refractivity (Wildman–Crippen MR) is 169 cm³/mol. The maximum absolute atomic E-state index is 14.0. The third kappa shape index (κ3) is 5.22. The quantitative estimate of drug-likeness (QED) is 0.299. The first-order valence-electron chi connectivity index (χ1n) is 16.1. The number of anilines is 1. The van der Waals surface area contributed by atoms with Gasteiger partial charge in [0.25, 0.3) is 5.91 Å². The van der Waals surface area contributed by atoms with Crippen molar-refractivity contribution in [3.05, 3.63) is 59.2 Å².